The highest BCUT2D eigenvalue weighted by molar-refractivity contribution is 6.08. The number of hydrogen-bond donors (Lipinski definition) is 3. The van der Waals surface area contributed by atoms with Gasteiger partial charge < -0.3 is 10.7 Å². The number of nitrogens with two attached hydrogens (primary N) is 1. The Bertz CT molecular complexity index is 646. The number of nitrogen functional groups attached to an aromatic ring is 1. The highest BCUT2D eigenvalue weighted by Gasteiger charge is 2.10. The molecule has 0 fully saturated rings. The van der Waals surface area contributed by atoms with Gasteiger partial charge >= 0.3 is 0 Å². The predicted octanol–water partition coefficient (Wildman–Crippen LogP) is 2.10. The first-order valence-corrected chi connectivity index (χ1v) is 5.62. The molecule has 0 heterocycles. The number of nitrogens with one attached hydrogen (secondary N) is 2. The first-order valence-electron chi connectivity index (χ1n) is 5.62. The third kappa shape index (κ3) is 2.89. The average Bonchev–Trinajstić information content (AvgIpc) is 2.47. The molecule has 0 aliphatic rings. The maximum atomic E-state index is 12.1. The Labute approximate surface area is 110 Å². The molecule has 94 valence electrons. The van der Waals surface area contributed by atoms with Crippen molar-refractivity contribution in [2.24, 2.45) is 5.84 Å². The van der Waals surface area contributed by atoms with Gasteiger partial charge in [0.15, 0.2) is 0 Å². The van der Waals surface area contributed by atoms with E-state index in [4.69, 9.17) is 11.1 Å². The normalized spacial score (nSPS) is 9.47. The Morgan fingerprint density at radius 1 is 1.16 bits per heavy atom. The van der Waals surface area contributed by atoms with Crippen LogP contribution in [0.2, 0.25) is 0 Å². The largest absolute Gasteiger partial charge is 0.323 e. The van der Waals surface area contributed by atoms with E-state index in [0.717, 1.165) is 0 Å². The second-order valence-electron chi connectivity index (χ2n) is 3.84. The number of carbonyl (C=O) groups is 1. The Morgan fingerprint density at radius 3 is 2.68 bits per heavy atom. The SMILES string of the molecule is N#Cc1cccc(NC(=O)c2ccccc2NN)c1. The predicted molar refractivity (Wildman–Crippen MR) is 73.4 cm³/mol. The number of anilines is 2. The fourth-order valence-electron chi connectivity index (χ4n) is 1.67. The summed E-state index contributed by atoms with van der Waals surface area (Å²) in [5.41, 5.74) is 4.50. The van der Waals surface area contributed by atoms with E-state index >= 15 is 0 Å². The summed E-state index contributed by atoms with van der Waals surface area (Å²) in [4.78, 5) is 12.1. The topological polar surface area (TPSA) is 90.9 Å². The minimum Gasteiger partial charge on any atom is -0.323 e. The highest BCUT2D eigenvalue weighted by atomic mass is 16.1. The minimum atomic E-state index is -0.288. The molecule has 4 N–H and O–H groups in total. The Hall–Kier alpha value is -2.84. The van der Waals surface area contributed by atoms with Crippen molar-refractivity contribution in [3.8, 4) is 6.07 Å². The summed E-state index contributed by atoms with van der Waals surface area (Å²) in [5, 5.41) is 11.5. The Kier molecular flexibility index (Phi) is 3.76. The van der Waals surface area contributed by atoms with Crippen molar-refractivity contribution in [1.29, 1.82) is 5.26 Å². The fraction of sp³-hybridized carbons (Fsp3) is 0. The molecule has 0 bridgehead atoms. The molecular formula is C14H12N4O. The van der Waals surface area contributed by atoms with Crippen molar-refractivity contribution in [3.63, 3.8) is 0 Å². The zero-order valence-corrected chi connectivity index (χ0v) is 10.1. The molecule has 2 rings (SSSR count). The molecule has 0 saturated carbocycles. The van der Waals surface area contributed by atoms with E-state index in [1.54, 1.807) is 48.5 Å². The quantitative estimate of drug-likeness (QED) is 0.576. The number of hydrogen-bond acceptors (Lipinski definition) is 4. The second kappa shape index (κ2) is 5.67. The van der Waals surface area contributed by atoms with Crippen LogP contribution in [-0.2, 0) is 0 Å². The monoisotopic (exact) mass is 252 g/mol. The molecule has 2 aromatic rings. The third-order valence-electron chi connectivity index (χ3n) is 2.58. The number of benzene rings is 2. The standard InChI is InChI=1S/C14H12N4O/c15-9-10-4-3-5-11(8-10)17-14(19)12-6-1-2-7-13(12)18-16/h1-8,18H,16H2,(H,17,19). The lowest BCUT2D eigenvalue weighted by Gasteiger charge is -2.09. The lowest BCUT2D eigenvalue weighted by molar-refractivity contribution is 0.102. The molecule has 0 saturated heterocycles. The highest BCUT2D eigenvalue weighted by Crippen LogP contribution is 2.16. The number of nitrogens with zero attached hydrogens (tertiary/aromatic N) is 1. The maximum absolute atomic E-state index is 12.1. The molecular weight excluding hydrogens is 240 g/mol. The van der Waals surface area contributed by atoms with E-state index in [0.29, 0.717) is 22.5 Å². The fourth-order valence-corrected chi connectivity index (χ4v) is 1.67. The summed E-state index contributed by atoms with van der Waals surface area (Å²) >= 11 is 0. The van der Waals surface area contributed by atoms with Crippen LogP contribution in [0.5, 0.6) is 0 Å². The molecule has 5 nitrogen and oxygen atoms in total. The van der Waals surface area contributed by atoms with Gasteiger partial charge in [0.05, 0.1) is 22.9 Å². The summed E-state index contributed by atoms with van der Waals surface area (Å²) < 4.78 is 0. The molecule has 0 aromatic heterocycles. The van der Waals surface area contributed by atoms with Gasteiger partial charge in [-0.3, -0.25) is 10.6 Å². The van der Waals surface area contributed by atoms with Crippen molar-refractivity contribution < 1.29 is 4.79 Å². The maximum Gasteiger partial charge on any atom is 0.257 e. The second-order valence-corrected chi connectivity index (χ2v) is 3.84. The summed E-state index contributed by atoms with van der Waals surface area (Å²) in [6.45, 7) is 0. The molecule has 2 aromatic carbocycles. The van der Waals surface area contributed by atoms with Gasteiger partial charge in [-0.15, -0.1) is 0 Å². The summed E-state index contributed by atoms with van der Waals surface area (Å²) in [5.74, 6) is 5.07. The van der Waals surface area contributed by atoms with Crippen molar-refractivity contribution >= 4 is 17.3 Å². The number of amides is 1. The van der Waals surface area contributed by atoms with Crippen molar-refractivity contribution in [2.75, 3.05) is 10.7 Å². The van der Waals surface area contributed by atoms with Crippen LogP contribution in [-0.4, -0.2) is 5.91 Å². The number of nitriles is 1. The van der Waals surface area contributed by atoms with E-state index in [9.17, 15) is 4.79 Å². The Balaban J connectivity index is 2.23. The van der Waals surface area contributed by atoms with Crippen LogP contribution in [0, 0.1) is 11.3 Å². The van der Waals surface area contributed by atoms with Gasteiger partial charge in [0, 0.05) is 5.69 Å². The summed E-state index contributed by atoms with van der Waals surface area (Å²) in [6.07, 6.45) is 0. The van der Waals surface area contributed by atoms with Gasteiger partial charge in [-0.05, 0) is 30.3 Å². The van der Waals surface area contributed by atoms with E-state index in [1.807, 2.05) is 6.07 Å². The minimum absolute atomic E-state index is 0.288. The molecule has 0 spiro atoms. The first-order chi connectivity index (χ1) is 9.24. The van der Waals surface area contributed by atoms with E-state index in [-0.39, 0.29) is 5.91 Å². The van der Waals surface area contributed by atoms with Gasteiger partial charge in [0.2, 0.25) is 0 Å². The van der Waals surface area contributed by atoms with Crippen LogP contribution >= 0.6 is 0 Å². The lowest BCUT2D eigenvalue weighted by atomic mass is 10.1. The molecule has 0 aliphatic carbocycles. The average molecular weight is 252 g/mol. The zero-order chi connectivity index (χ0) is 13.7. The van der Waals surface area contributed by atoms with E-state index in [1.165, 1.54) is 0 Å². The van der Waals surface area contributed by atoms with Gasteiger partial charge in [-0.25, -0.2) is 0 Å². The Morgan fingerprint density at radius 2 is 1.95 bits per heavy atom. The van der Waals surface area contributed by atoms with Crippen molar-refractivity contribution in [1.82, 2.24) is 0 Å². The summed E-state index contributed by atoms with van der Waals surface area (Å²) in [7, 11) is 0. The molecule has 1 amide bonds. The van der Waals surface area contributed by atoms with E-state index in [2.05, 4.69) is 10.7 Å². The zero-order valence-electron chi connectivity index (χ0n) is 10.1. The third-order valence-corrected chi connectivity index (χ3v) is 2.58. The number of carbonyl (C=O) groups excluding carboxylic acids is 1. The van der Waals surface area contributed by atoms with Crippen LogP contribution in [0.25, 0.3) is 0 Å². The van der Waals surface area contributed by atoms with Gasteiger partial charge in [0.1, 0.15) is 0 Å². The lowest BCUT2D eigenvalue weighted by Crippen LogP contribution is -2.17. The summed E-state index contributed by atoms with van der Waals surface area (Å²) in [6, 6.07) is 15.6. The van der Waals surface area contributed by atoms with Crippen molar-refractivity contribution in [3.05, 3.63) is 59.7 Å². The van der Waals surface area contributed by atoms with Crippen LogP contribution in [0.1, 0.15) is 15.9 Å². The molecule has 0 aliphatic heterocycles. The van der Waals surface area contributed by atoms with Gasteiger partial charge in [-0.2, -0.15) is 5.26 Å². The number of para-hydroxylation sites is 1. The van der Waals surface area contributed by atoms with Crippen LogP contribution in [0.3, 0.4) is 0 Å². The molecule has 5 heteroatoms. The van der Waals surface area contributed by atoms with E-state index < -0.39 is 0 Å². The molecule has 19 heavy (non-hydrogen) atoms. The number of rotatable bonds is 3. The van der Waals surface area contributed by atoms with Gasteiger partial charge in [0.25, 0.3) is 5.91 Å². The molecule has 0 unspecified atom stereocenters. The van der Waals surface area contributed by atoms with Crippen LogP contribution in [0.15, 0.2) is 48.5 Å². The van der Waals surface area contributed by atoms with Gasteiger partial charge in [-0.1, -0.05) is 18.2 Å². The molecule has 0 radical (unpaired) electrons. The number of hydrazine groups is 1. The smallest absolute Gasteiger partial charge is 0.257 e. The van der Waals surface area contributed by atoms with Crippen LogP contribution in [0.4, 0.5) is 11.4 Å². The molecule has 0 atom stereocenters. The first kappa shape index (κ1) is 12.6. The van der Waals surface area contributed by atoms with Crippen LogP contribution < -0.4 is 16.6 Å². The van der Waals surface area contributed by atoms with Crippen molar-refractivity contribution in [2.45, 2.75) is 0 Å².